The minimum Gasteiger partial charge on any atom is -0.442 e. The Balaban J connectivity index is 2.89. The van der Waals surface area contributed by atoms with Gasteiger partial charge in [0, 0.05) is 0 Å². The van der Waals surface area contributed by atoms with Gasteiger partial charge >= 0.3 is 0 Å². The summed E-state index contributed by atoms with van der Waals surface area (Å²) in [6, 6.07) is 1.93. The maximum absolute atomic E-state index is 8.53. The number of hydrogen-bond donors (Lipinski definition) is 0. The molecular formula is C6H2N4O. The molecule has 0 atom stereocenters. The molecule has 0 spiro atoms. The Hall–Kier alpha value is -1.96. The van der Waals surface area contributed by atoms with Gasteiger partial charge in [-0.15, -0.1) is 10.2 Å². The number of nitrogens with zero attached hydrogens (tertiary/aromatic N) is 4. The first kappa shape index (κ1) is 5.80. The van der Waals surface area contributed by atoms with E-state index in [0.717, 1.165) is 0 Å². The summed E-state index contributed by atoms with van der Waals surface area (Å²) >= 11 is 0. The highest BCUT2D eigenvalue weighted by atomic mass is 16.3. The lowest BCUT2D eigenvalue weighted by molar-refractivity contribution is 0.594. The molecule has 0 aliphatic heterocycles. The molecule has 0 saturated carbocycles. The van der Waals surface area contributed by atoms with Crippen LogP contribution in [0, 0.1) is 11.3 Å². The van der Waals surface area contributed by atoms with Crippen molar-refractivity contribution in [2.24, 2.45) is 0 Å². The van der Waals surface area contributed by atoms with E-state index < -0.39 is 0 Å². The molecule has 0 saturated heterocycles. The molecule has 0 amide bonds. The van der Waals surface area contributed by atoms with Crippen LogP contribution in [-0.4, -0.2) is 15.2 Å². The Morgan fingerprint density at radius 1 is 1.55 bits per heavy atom. The highest BCUT2D eigenvalue weighted by Crippen LogP contribution is 2.13. The lowest BCUT2D eigenvalue weighted by atomic mass is 10.3. The molecule has 0 aliphatic rings. The van der Waals surface area contributed by atoms with Crippen LogP contribution in [0.25, 0.3) is 11.2 Å². The van der Waals surface area contributed by atoms with Crippen molar-refractivity contribution in [2.75, 3.05) is 0 Å². The second kappa shape index (κ2) is 2.02. The van der Waals surface area contributed by atoms with Gasteiger partial charge in [-0.05, 0) is 0 Å². The lowest BCUT2D eigenvalue weighted by Crippen LogP contribution is -1.82. The van der Waals surface area contributed by atoms with Crippen LogP contribution in [0.2, 0.25) is 0 Å². The predicted molar refractivity (Wildman–Crippen MR) is 34.3 cm³/mol. The van der Waals surface area contributed by atoms with E-state index >= 15 is 0 Å². The fraction of sp³-hybridized carbons (Fsp3) is 0. The van der Waals surface area contributed by atoms with Gasteiger partial charge in [-0.2, -0.15) is 5.26 Å². The Morgan fingerprint density at radius 3 is 3.27 bits per heavy atom. The molecule has 2 aromatic rings. The number of furan rings is 1. The average molecular weight is 146 g/mol. The maximum Gasteiger partial charge on any atom is 0.266 e. The van der Waals surface area contributed by atoms with Gasteiger partial charge in [-0.25, -0.2) is 4.98 Å². The average Bonchev–Trinajstić information content (AvgIpc) is 2.47. The Morgan fingerprint density at radius 2 is 2.45 bits per heavy atom. The van der Waals surface area contributed by atoms with E-state index in [1.807, 2.05) is 6.07 Å². The van der Waals surface area contributed by atoms with E-state index in [1.165, 1.54) is 12.6 Å². The number of nitriles is 1. The number of aromatic nitrogens is 3. The molecule has 0 bridgehead atoms. The standard InChI is InChI=1S/C6H2N4O/c7-1-4-2-11-6-5(4)8-3-9-10-6/h2-3H. The van der Waals surface area contributed by atoms with Crippen LogP contribution in [0.4, 0.5) is 0 Å². The molecule has 0 aromatic carbocycles. The molecule has 2 aromatic heterocycles. The minimum absolute atomic E-state index is 0.295. The van der Waals surface area contributed by atoms with Crippen LogP contribution in [0.1, 0.15) is 5.56 Å². The van der Waals surface area contributed by atoms with E-state index in [9.17, 15) is 0 Å². The summed E-state index contributed by atoms with van der Waals surface area (Å²) in [7, 11) is 0. The van der Waals surface area contributed by atoms with Crippen molar-refractivity contribution in [1.29, 1.82) is 5.26 Å². The van der Waals surface area contributed by atoms with E-state index in [1.54, 1.807) is 0 Å². The molecule has 0 N–H and O–H groups in total. The smallest absolute Gasteiger partial charge is 0.266 e. The zero-order valence-electron chi connectivity index (χ0n) is 5.35. The third-order valence-corrected chi connectivity index (χ3v) is 1.25. The molecule has 0 unspecified atom stereocenters. The lowest BCUT2D eigenvalue weighted by Gasteiger charge is -1.80. The quantitative estimate of drug-likeness (QED) is 0.540. The second-order valence-corrected chi connectivity index (χ2v) is 1.87. The molecule has 2 rings (SSSR count). The summed E-state index contributed by atoms with van der Waals surface area (Å²) in [4.78, 5) is 3.82. The van der Waals surface area contributed by atoms with Gasteiger partial charge in [0.2, 0.25) is 0 Å². The van der Waals surface area contributed by atoms with Crippen molar-refractivity contribution < 1.29 is 4.42 Å². The zero-order valence-corrected chi connectivity index (χ0v) is 5.35. The van der Waals surface area contributed by atoms with Gasteiger partial charge in [0.05, 0.1) is 0 Å². The number of rotatable bonds is 0. The van der Waals surface area contributed by atoms with Crippen molar-refractivity contribution in [3.8, 4) is 6.07 Å². The van der Waals surface area contributed by atoms with Crippen molar-refractivity contribution in [3.05, 3.63) is 18.2 Å². The van der Waals surface area contributed by atoms with Crippen LogP contribution in [-0.2, 0) is 0 Å². The predicted octanol–water partition coefficient (Wildman–Crippen LogP) is 0.489. The highest BCUT2D eigenvalue weighted by Gasteiger charge is 2.05. The summed E-state index contributed by atoms with van der Waals surface area (Å²) < 4.78 is 4.88. The first-order chi connectivity index (χ1) is 5.42. The third-order valence-electron chi connectivity index (χ3n) is 1.25. The molecule has 2 heterocycles. The molecule has 0 fully saturated rings. The van der Waals surface area contributed by atoms with Crippen LogP contribution < -0.4 is 0 Å². The maximum atomic E-state index is 8.53. The Bertz CT molecular complexity index is 427. The summed E-state index contributed by atoms with van der Waals surface area (Å²) in [5.41, 5.74) is 1.14. The summed E-state index contributed by atoms with van der Waals surface area (Å²) in [6.07, 6.45) is 2.59. The number of hydrogen-bond acceptors (Lipinski definition) is 5. The van der Waals surface area contributed by atoms with Crippen LogP contribution in [0.15, 0.2) is 17.0 Å². The molecular weight excluding hydrogens is 144 g/mol. The Labute approximate surface area is 61.3 Å². The molecule has 5 nitrogen and oxygen atoms in total. The van der Waals surface area contributed by atoms with Gasteiger partial charge in [0.1, 0.15) is 29.7 Å². The molecule has 0 aliphatic carbocycles. The molecule has 5 heteroatoms. The highest BCUT2D eigenvalue weighted by molar-refractivity contribution is 5.74. The first-order valence-corrected chi connectivity index (χ1v) is 2.87. The first-order valence-electron chi connectivity index (χ1n) is 2.87. The van der Waals surface area contributed by atoms with E-state index in [2.05, 4.69) is 15.2 Å². The summed E-state index contributed by atoms with van der Waals surface area (Å²) in [5, 5.41) is 15.6. The topological polar surface area (TPSA) is 75.6 Å². The monoisotopic (exact) mass is 146 g/mol. The van der Waals surface area contributed by atoms with Gasteiger partial charge in [-0.1, -0.05) is 0 Å². The van der Waals surface area contributed by atoms with E-state index in [4.69, 9.17) is 9.68 Å². The van der Waals surface area contributed by atoms with Crippen LogP contribution in [0.3, 0.4) is 0 Å². The van der Waals surface area contributed by atoms with E-state index in [0.29, 0.717) is 16.8 Å². The van der Waals surface area contributed by atoms with Gasteiger partial charge in [0.25, 0.3) is 5.71 Å². The summed E-state index contributed by atoms with van der Waals surface area (Å²) in [6.45, 7) is 0. The van der Waals surface area contributed by atoms with Gasteiger partial charge < -0.3 is 4.42 Å². The van der Waals surface area contributed by atoms with Gasteiger partial charge in [0.15, 0.2) is 0 Å². The van der Waals surface area contributed by atoms with Crippen molar-refractivity contribution in [1.82, 2.24) is 15.2 Å². The molecule has 0 radical (unpaired) electrons. The number of fused-ring (bicyclic) bond motifs is 1. The molecule has 11 heavy (non-hydrogen) atoms. The third kappa shape index (κ3) is 0.730. The summed E-state index contributed by atoms with van der Waals surface area (Å²) in [5.74, 6) is 0. The second-order valence-electron chi connectivity index (χ2n) is 1.87. The van der Waals surface area contributed by atoms with Crippen molar-refractivity contribution in [2.45, 2.75) is 0 Å². The van der Waals surface area contributed by atoms with E-state index in [-0.39, 0.29) is 0 Å². The fourth-order valence-electron chi connectivity index (χ4n) is 0.778. The SMILES string of the molecule is N#Cc1coc2nncnc12. The minimum atomic E-state index is 0.295. The Kier molecular flexibility index (Phi) is 1.07. The molecule has 52 valence electrons. The normalized spacial score (nSPS) is 9.73. The van der Waals surface area contributed by atoms with Gasteiger partial charge in [-0.3, -0.25) is 0 Å². The zero-order chi connectivity index (χ0) is 7.68. The van der Waals surface area contributed by atoms with Crippen molar-refractivity contribution in [3.63, 3.8) is 0 Å². The fourth-order valence-corrected chi connectivity index (χ4v) is 0.778. The van der Waals surface area contributed by atoms with Crippen LogP contribution in [0.5, 0.6) is 0 Å². The van der Waals surface area contributed by atoms with Crippen molar-refractivity contribution >= 4 is 11.2 Å². The van der Waals surface area contributed by atoms with Crippen LogP contribution >= 0.6 is 0 Å². The largest absolute Gasteiger partial charge is 0.442 e.